The van der Waals surface area contributed by atoms with E-state index in [1.807, 2.05) is 24.3 Å². The van der Waals surface area contributed by atoms with Gasteiger partial charge in [0.15, 0.2) is 0 Å². The normalized spacial score (nSPS) is 16.3. The fourth-order valence-electron chi connectivity index (χ4n) is 2.60. The maximum absolute atomic E-state index is 6.08. The third kappa shape index (κ3) is 3.31. The average molecular weight is 298 g/mol. The van der Waals surface area contributed by atoms with Crippen molar-refractivity contribution >= 4 is 17.2 Å². The van der Waals surface area contributed by atoms with Crippen LogP contribution in [0, 0.1) is 0 Å². The number of nitrogens with one attached hydrogen (secondary N) is 1. The van der Waals surface area contributed by atoms with Gasteiger partial charge in [0.05, 0.1) is 30.8 Å². The van der Waals surface area contributed by atoms with Gasteiger partial charge < -0.3 is 20.7 Å². The molecule has 1 aromatic heterocycles. The lowest BCUT2D eigenvalue weighted by atomic mass is 10.1. The lowest BCUT2D eigenvalue weighted by Gasteiger charge is -2.28. The first-order valence-corrected chi connectivity index (χ1v) is 7.64. The molecule has 1 aromatic carbocycles. The van der Waals surface area contributed by atoms with Gasteiger partial charge in [-0.3, -0.25) is 0 Å². The van der Waals surface area contributed by atoms with Crippen LogP contribution < -0.4 is 16.0 Å². The van der Waals surface area contributed by atoms with E-state index in [4.69, 9.17) is 10.5 Å². The number of morpholine rings is 1. The summed E-state index contributed by atoms with van der Waals surface area (Å²) >= 11 is 0. The van der Waals surface area contributed by atoms with Gasteiger partial charge in [-0.2, -0.15) is 0 Å². The molecule has 5 heteroatoms. The van der Waals surface area contributed by atoms with E-state index in [-0.39, 0.29) is 6.04 Å². The molecule has 0 bridgehead atoms. The van der Waals surface area contributed by atoms with Crippen LogP contribution in [0.1, 0.15) is 18.5 Å². The standard InChI is InChI=1S/C17H22N4O/c1-13(14-5-3-2-4-6-14)20-16-11-17(19-12-15(16)18)21-7-9-22-10-8-21/h2-6,11-13H,7-10,18H2,1H3,(H,19,20). The van der Waals surface area contributed by atoms with Gasteiger partial charge in [-0.25, -0.2) is 4.98 Å². The van der Waals surface area contributed by atoms with Crippen LogP contribution in [0.4, 0.5) is 17.2 Å². The molecule has 5 nitrogen and oxygen atoms in total. The molecule has 0 saturated carbocycles. The maximum atomic E-state index is 6.08. The van der Waals surface area contributed by atoms with Gasteiger partial charge in [0.1, 0.15) is 5.82 Å². The largest absolute Gasteiger partial charge is 0.396 e. The number of pyridine rings is 1. The number of benzene rings is 1. The summed E-state index contributed by atoms with van der Waals surface area (Å²) in [7, 11) is 0. The van der Waals surface area contributed by atoms with Gasteiger partial charge in [-0.1, -0.05) is 30.3 Å². The number of aromatic nitrogens is 1. The molecular weight excluding hydrogens is 276 g/mol. The Hall–Kier alpha value is -2.27. The summed E-state index contributed by atoms with van der Waals surface area (Å²) in [5.74, 6) is 0.945. The van der Waals surface area contributed by atoms with Crippen molar-refractivity contribution < 1.29 is 4.74 Å². The predicted octanol–water partition coefficient (Wildman–Crippen LogP) is 2.67. The highest BCUT2D eigenvalue weighted by molar-refractivity contribution is 5.69. The van der Waals surface area contributed by atoms with Crippen LogP contribution in [-0.2, 0) is 4.74 Å². The molecular formula is C17H22N4O. The fourth-order valence-corrected chi connectivity index (χ4v) is 2.60. The predicted molar refractivity (Wildman–Crippen MR) is 90.2 cm³/mol. The molecule has 1 aliphatic rings. The van der Waals surface area contributed by atoms with E-state index >= 15 is 0 Å². The molecule has 22 heavy (non-hydrogen) atoms. The van der Waals surface area contributed by atoms with Crippen LogP contribution in [0.15, 0.2) is 42.6 Å². The van der Waals surface area contributed by atoms with Crippen molar-refractivity contribution in [3.05, 3.63) is 48.2 Å². The molecule has 1 atom stereocenters. The van der Waals surface area contributed by atoms with E-state index in [2.05, 4.69) is 34.3 Å². The first-order valence-electron chi connectivity index (χ1n) is 7.64. The van der Waals surface area contributed by atoms with Crippen molar-refractivity contribution in [3.63, 3.8) is 0 Å². The highest BCUT2D eigenvalue weighted by atomic mass is 16.5. The van der Waals surface area contributed by atoms with Crippen LogP contribution in [0.3, 0.4) is 0 Å². The summed E-state index contributed by atoms with van der Waals surface area (Å²) in [5.41, 5.74) is 8.90. The minimum Gasteiger partial charge on any atom is -0.396 e. The number of hydrogen-bond acceptors (Lipinski definition) is 5. The van der Waals surface area contributed by atoms with Gasteiger partial charge in [-0.05, 0) is 12.5 Å². The van der Waals surface area contributed by atoms with E-state index in [1.165, 1.54) is 5.56 Å². The second-order valence-corrected chi connectivity index (χ2v) is 5.51. The van der Waals surface area contributed by atoms with Crippen molar-refractivity contribution in [1.29, 1.82) is 0 Å². The second kappa shape index (κ2) is 6.66. The van der Waals surface area contributed by atoms with Crippen LogP contribution in [-0.4, -0.2) is 31.3 Å². The summed E-state index contributed by atoms with van der Waals surface area (Å²) in [4.78, 5) is 6.67. The smallest absolute Gasteiger partial charge is 0.130 e. The Bertz CT molecular complexity index is 611. The average Bonchev–Trinajstić information content (AvgIpc) is 2.58. The van der Waals surface area contributed by atoms with E-state index in [0.717, 1.165) is 37.8 Å². The van der Waals surface area contributed by atoms with Gasteiger partial charge in [0.2, 0.25) is 0 Å². The number of nitrogen functional groups attached to an aromatic ring is 1. The van der Waals surface area contributed by atoms with Crippen molar-refractivity contribution in [2.45, 2.75) is 13.0 Å². The SMILES string of the molecule is CC(Nc1cc(N2CCOCC2)ncc1N)c1ccccc1. The number of nitrogens with zero attached hydrogens (tertiary/aromatic N) is 2. The summed E-state index contributed by atoms with van der Waals surface area (Å²) in [5, 5.41) is 3.48. The molecule has 1 fully saturated rings. The van der Waals surface area contributed by atoms with Gasteiger partial charge in [-0.15, -0.1) is 0 Å². The van der Waals surface area contributed by atoms with E-state index in [0.29, 0.717) is 5.69 Å². The van der Waals surface area contributed by atoms with Crippen molar-refractivity contribution in [2.24, 2.45) is 0 Å². The molecule has 0 amide bonds. The topological polar surface area (TPSA) is 63.4 Å². The number of rotatable bonds is 4. The highest BCUT2D eigenvalue weighted by Gasteiger charge is 2.15. The number of ether oxygens (including phenoxy) is 1. The minimum atomic E-state index is 0.184. The Labute approximate surface area is 131 Å². The monoisotopic (exact) mass is 298 g/mol. The highest BCUT2D eigenvalue weighted by Crippen LogP contribution is 2.27. The van der Waals surface area contributed by atoms with Crippen LogP contribution in [0.5, 0.6) is 0 Å². The first kappa shape index (κ1) is 14.7. The van der Waals surface area contributed by atoms with Crippen molar-refractivity contribution in [1.82, 2.24) is 4.98 Å². The zero-order valence-electron chi connectivity index (χ0n) is 12.8. The van der Waals surface area contributed by atoms with Crippen LogP contribution in [0.25, 0.3) is 0 Å². The number of hydrogen-bond donors (Lipinski definition) is 2. The minimum absolute atomic E-state index is 0.184. The van der Waals surface area contributed by atoms with Gasteiger partial charge >= 0.3 is 0 Å². The Morgan fingerprint density at radius 2 is 1.95 bits per heavy atom. The van der Waals surface area contributed by atoms with Gasteiger partial charge in [0.25, 0.3) is 0 Å². The molecule has 2 heterocycles. The van der Waals surface area contributed by atoms with Crippen LogP contribution in [0.2, 0.25) is 0 Å². The molecule has 0 radical (unpaired) electrons. The third-order valence-corrected chi connectivity index (χ3v) is 3.93. The fraction of sp³-hybridized carbons (Fsp3) is 0.353. The van der Waals surface area contributed by atoms with Crippen LogP contribution >= 0.6 is 0 Å². The van der Waals surface area contributed by atoms with Crippen molar-refractivity contribution in [3.8, 4) is 0 Å². The zero-order valence-corrected chi connectivity index (χ0v) is 12.8. The number of nitrogens with two attached hydrogens (primary N) is 1. The Morgan fingerprint density at radius 1 is 1.23 bits per heavy atom. The Kier molecular flexibility index (Phi) is 4.44. The molecule has 1 unspecified atom stereocenters. The molecule has 116 valence electrons. The Balaban J connectivity index is 1.77. The first-order chi connectivity index (χ1) is 10.7. The number of anilines is 3. The zero-order chi connectivity index (χ0) is 15.4. The van der Waals surface area contributed by atoms with Crippen molar-refractivity contribution in [2.75, 3.05) is 42.3 Å². The molecule has 0 spiro atoms. The molecule has 1 saturated heterocycles. The molecule has 3 rings (SSSR count). The Morgan fingerprint density at radius 3 is 2.68 bits per heavy atom. The summed E-state index contributed by atoms with van der Waals surface area (Å²) in [6.07, 6.45) is 1.73. The van der Waals surface area contributed by atoms with E-state index in [1.54, 1.807) is 6.20 Å². The third-order valence-electron chi connectivity index (χ3n) is 3.93. The molecule has 3 N–H and O–H groups in total. The lowest BCUT2D eigenvalue weighted by molar-refractivity contribution is 0.122. The summed E-state index contributed by atoms with van der Waals surface area (Å²) < 4.78 is 5.39. The maximum Gasteiger partial charge on any atom is 0.130 e. The quantitative estimate of drug-likeness (QED) is 0.908. The molecule has 1 aliphatic heterocycles. The second-order valence-electron chi connectivity index (χ2n) is 5.51. The summed E-state index contributed by atoms with van der Waals surface area (Å²) in [6.45, 7) is 5.35. The lowest BCUT2D eigenvalue weighted by Crippen LogP contribution is -2.36. The van der Waals surface area contributed by atoms with E-state index < -0.39 is 0 Å². The molecule has 2 aromatic rings. The molecule has 0 aliphatic carbocycles. The van der Waals surface area contributed by atoms with Gasteiger partial charge in [0, 0.05) is 25.2 Å². The summed E-state index contributed by atoms with van der Waals surface area (Å²) in [6, 6.07) is 12.5. The van der Waals surface area contributed by atoms with E-state index in [9.17, 15) is 0 Å².